The van der Waals surface area contributed by atoms with E-state index >= 15 is 0 Å². The first-order valence-corrected chi connectivity index (χ1v) is 15.8. The Bertz CT molecular complexity index is 1450. The molecule has 0 unspecified atom stereocenters. The number of anilines is 1. The number of amides is 2. The molecule has 3 aromatic rings. The summed E-state index contributed by atoms with van der Waals surface area (Å²) < 4.78 is 29.6. The lowest BCUT2D eigenvalue weighted by molar-refractivity contribution is -0.139. The van der Waals surface area contributed by atoms with Crippen LogP contribution < -0.4 is 9.62 Å². The third-order valence-electron chi connectivity index (χ3n) is 6.33. The van der Waals surface area contributed by atoms with Crippen LogP contribution in [-0.4, -0.2) is 44.3 Å². The number of aryl methyl sites for hydroxylation is 1. The molecule has 0 bridgehead atoms. The fourth-order valence-corrected chi connectivity index (χ4v) is 6.31. The van der Waals surface area contributed by atoms with E-state index in [9.17, 15) is 18.0 Å². The van der Waals surface area contributed by atoms with Crippen molar-refractivity contribution in [2.45, 2.75) is 51.1 Å². The Balaban J connectivity index is 2.04. The molecule has 40 heavy (non-hydrogen) atoms. The van der Waals surface area contributed by atoms with E-state index in [1.165, 1.54) is 29.2 Å². The van der Waals surface area contributed by atoms with Crippen molar-refractivity contribution in [3.05, 3.63) is 92.4 Å². The molecule has 3 aromatic carbocycles. The summed E-state index contributed by atoms with van der Waals surface area (Å²) in [5.41, 5.74) is 1.71. The second-order valence-electron chi connectivity index (χ2n) is 9.37. The van der Waals surface area contributed by atoms with Crippen molar-refractivity contribution >= 4 is 66.7 Å². The molecule has 2 amide bonds. The molecule has 0 aliphatic carbocycles. The van der Waals surface area contributed by atoms with Crippen LogP contribution in [0.3, 0.4) is 0 Å². The lowest BCUT2D eigenvalue weighted by Crippen LogP contribution is -2.51. The molecule has 0 spiro atoms. The number of carbonyl (C=O) groups excluding carboxylic acids is 2. The summed E-state index contributed by atoms with van der Waals surface area (Å²) >= 11 is 16.2. The molecule has 3 rings (SSSR count). The SMILES string of the molecule is CCCCNC(=O)[C@@H](C)N(Cc1cccc(Br)c1)C(=O)CN(c1cccc(Cl)c1Cl)S(=O)(=O)c1ccc(C)cc1. The zero-order valence-corrected chi connectivity index (χ0v) is 26.4. The van der Waals surface area contributed by atoms with Gasteiger partial charge in [0, 0.05) is 17.6 Å². The molecule has 0 aliphatic rings. The number of carbonyl (C=O) groups is 2. The van der Waals surface area contributed by atoms with Crippen molar-refractivity contribution in [2.75, 3.05) is 17.4 Å². The molecule has 7 nitrogen and oxygen atoms in total. The van der Waals surface area contributed by atoms with Gasteiger partial charge in [0.2, 0.25) is 11.8 Å². The molecule has 0 saturated heterocycles. The summed E-state index contributed by atoms with van der Waals surface area (Å²) in [7, 11) is -4.25. The van der Waals surface area contributed by atoms with Crippen molar-refractivity contribution in [1.29, 1.82) is 0 Å². The molecular formula is C29H32BrCl2N3O4S. The monoisotopic (exact) mass is 667 g/mol. The quantitative estimate of drug-likeness (QED) is 0.221. The van der Waals surface area contributed by atoms with Crippen molar-refractivity contribution in [3.63, 3.8) is 0 Å². The molecule has 1 atom stereocenters. The zero-order valence-electron chi connectivity index (χ0n) is 22.5. The van der Waals surface area contributed by atoms with Gasteiger partial charge in [0.1, 0.15) is 12.6 Å². The molecule has 0 radical (unpaired) electrons. The van der Waals surface area contributed by atoms with Gasteiger partial charge in [-0.15, -0.1) is 0 Å². The van der Waals surface area contributed by atoms with Gasteiger partial charge in [-0.05, 0) is 62.2 Å². The summed E-state index contributed by atoms with van der Waals surface area (Å²) in [4.78, 5) is 28.4. The predicted molar refractivity (Wildman–Crippen MR) is 164 cm³/mol. The van der Waals surface area contributed by atoms with Gasteiger partial charge >= 0.3 is 0 Å². The Kier molecular flexibility index (Phi) is 11.5. The highest BCUT2D eigenvalue weighted by molar-refractivity contribution is 9.10. The maximum Gasteiger partial charge on any atom is 0.264 e. The summed E-state index contributed by atoms with van der Waals surface area (Å²) in [6.45, 7) is 5.45. The average Bonchev–Trinajstić information content (AvgIpc) is 2.92. The van der Waals surface area contributed by atoms with Gasteiger partial charge in [0.25, 0.3) is 10.0 Å². The molecule has 0 fully saturated rings. The number of unbranched alkanes of at least 4 members (excludes halogenated alkanes) is 1. The minimum absolute atomic E-state index is 0.00319. The van der Waals surface area contributed by atoms with Crippen LogP contribution in [0.15, 0.2) is 76.1 Å². The number of rotatable bonds is 12. The first kappa shape index (κ1) is 31.9. The Morgan fingerprint density at radius 2 is 1.70 bits per heavy atom. The van der Waals surface area contributed by atoms with Crippen LogP contribution in [0.25, 0.3) is 0 Å². The number of benzene rings is 3. The Morgan fingerprint density at radius 1 is 1.02 bits per heavy atom. The van der Waals surface area contributed by atoms with Crippen molar-refractivity contribution in [1.82, 2.24) is 10.2 Å². The zero-order chi connectivity index (χ0) is 29.4. The number of hydrogen-bond acceptors (Lipinski definition) is 4. The summed E-state index contributed by atoms with van der Waals surface area (Å²) in [5, 5.41) is 3.01. The third kappa shape index (κ3) is 8.00. The highest BCUT2D eigenvalue weighted by Gasteiger charge is 2.33. The van der Waals surface area contributed by atoms with E-state index in [1.807, 2.05) is 38.1 Å². The van der Waals surface area contributed by atoms with Crippen LogP contribution in [0.5, 0.6) is 0 Å². The Hall–Kier alpha value is -2.59. The van der Waals surface area contributed by atoms with E-state index in [1.54, 1.807) is 25.1 Å². The van der Waals surface area contributed by atoms with Gasteiger partial charge in [-0.3, -0.25) is 13.9 Å². The number of halogens is 3. The van der Waals surface area contributed by atoms with Crippen molar-refractivity contribution in [3.8, 4) is 0 Å². The second-order valence-corrected chi connectivity index (χ2v) is 12.9. The van der Waals surface area contributed by atoms with E-state index < -0.39 is 28.5 Å². The number of nitrogens with zero attached hydrogens (tertiary/aromatic N) is 2. The average molecular weight is 669 g/mol. The smallest absolute Gasteiger partial charge is 0.264 e. The topological polar surface area (TPSA) is 86.8 Å². The lowest BCUT2D eigenvalue weighted by Gasteiger charge is -2.32. The van der Waals surface area contributed by atoms with E-state index in [0.29, 0.717) is 6.54 Å². The van der Waals surface area contributed by atoms with Gasteiger partial charge in [0.15, 0.2) is 0 Å². The predicted octanol–water partition coefficient (Wildman–Crippen LogP) is 6.59. The highest BCUT2D eigenvalue weighted by Crippen LogP contribution is 2.35. The highest BCUT2D eigenvalue weighted by atomic mass is 79.9. The van der Waals surface area contributed by atoms with Gasteiger partial charge in [-0.25, -0.2) is 8.42 Å². The van der Waals surface area contributed by atoms with Crippen LogP contribution >= 0.6 is 39.1 Å². The normalized spacial score (nSPS) is 12.1. The maximum absolute atomic E-state index is 14.0. The minimum atomic E-state index is -4.25. The second kappa shape index (κ2) is 14.3. The molecule has 11 heteroatoms. The molecule has 0 saturated carbocycles. The molecule has 1 N–H and O–H groups in total. The van der Waals surface area contributed by atoms with E-state index in [0.717, 1.165) is 32.7 Å². The first-order chi connectivity index (χ1) is 18.9. The van der Waals surface area contributed by atoms with Gasteiger partial charge in [-0.2, -0.15) is 0 Å². The van der Waals surface area contributed by atoms with Crippen LogP contribution in [0.2, 0.25) is 10.0 Å². The van der Waals surface area contributed by atoms with E-state index in [-0.39, 0.29) is 33.1 Å². The number of nitrogens with one attached hydrogen (secondary N) is 1. The van der Waals surface area contributed by atoms with Gasteiger partial charge < -0.3 is 10.2 Å². The number of sulfonamides is 1. The van der Waals surface area contributed by atoms with Gasteiger partial charge in [0.05, 0.1) is 20.6 Å². The fraction of sp³-hybridized carbons (Fsp3) is 0.310. The van der Waals surface area contributed by atoms with E-state index in [2.05, 4.69) is 21.2 Å². The van der Waals surface area contributed by atoms with Crippen molar-refractivity contribution < 1.29 is 18.0 Å². The Morgan fingerprint density at radius 3 is 2.35 bits per heavy atom. The van der Waals surface area contributed by atoms with E-state index in [4.69, 9.17) is 23.2 Å². The maximum atomic E-state index is 14.0. The molecule has 214 valence electrons. The summed E-state index contributed by atoms with van der Waals surface area (Å²) in [5.74, 6) is -0.907. The third-order valence-corrected chi connectivity index (χ3v) is 9.40. The van der Waals surface area contributed by atoms with Gasteiger partial charge in [-0.1, -0.05) is 88.4 Å². The standard InChI is InChI=1S/C29H32BrCl2N3O4S/c1-4-5-16-33-29(37)21(3)34(18-22-8-6-9-23(30)17-22)27(36)19-35(26-11-7-10-25(31)28(26)32)40(38,39)24-14-12-20(2)13-15-24/h6-15,17,21H,4-5,16,18-19H2,1-3H3,(H,33,37)/t21-/m1/s1. The molecule has 0 aromatic heterocycles. The summed E-state index contributed by atoms with van der Waals surface area (Å²) in [6.07, 6.45) is 1.70. The largest absolute Gasteiger partial charge is 0.354 e. The fourth-order valence-electron chi connectivity index (χ4n) is 3.99. The lowest BCUT2D eigenvalue weighted by atomic mass is 10.1. The molecular weight excluding hydrogens is 637 g/mol. The van der Waals surface area contributed by atoms with Crippen LogP contribution in [0, 0.1) is 6.92 Å². The molecule has 0 heterocycles. The minimum Gasteiger partial charge on any atom is -0.354 e. The Labute approximate surface area is 254 Å². The van der Waals surface area contributed by atoms with Crippen molar-refractivity contribution in [2.24, 2.45) is 0 Å². The summed E-state index contributed by atoms with van der Waals surface area (Å²) in [6, 6.07) is 17.4. The number of hydrogen-bond donors (Lipinski definition) is 1. The van der Waals surface area contributed by atoms with Crippen LogP contribution in [0.1, 0.15) is 37.8 Å². The first-order valence-electron chi connectivity index (χ1n) is 12.8. The van der Waals surface area contributed by atoms with Crippen LogP contribution in [0.4, 0.5) is 5.69 Å². The molecule has 0 aliphatic heterocycles. The van der Waals surface area contributed by atoms with Crippen LogP contribution in [-0.2, 0) is 26.2 Å².